The smallest absolute Gasteiger partial charge is 0.394 e. The van der Waals surface area contributed by atoms with Crippen LogP contribution in [0.4, 0.5) is 17.6 Å². The number of aliphatic hydroxyl groups is 1. The molecule has 0 heterocycles. The van der Waals surface area contributed by atoms with Crippen LogP contribution in [0.15, 0.2) is 24.3 Å². The van der Waals surface area contributed by atoms with Crippen molar-refractivity contribution in [3.8, 4) is 0 Å². The molecule has 1 nitrogen and oxygen atoms in total. The summed E-state index contributed by atoms with van der Waals surface area (Å²) < 4.78 is 49.2. The quantitative estimate of drug-likeness (QED) is 0.779. The summed E-state index contributed by atoms with van der Waals surface area (Å²) in [4.78, 5) is 0. The Morgan fingerprint density at radius 3 is 2.07 bits per heavy atom. The summed E-state index contributed by atoms with van der Waals surface area (Å²) in [7, 11) is 0. The molecule has 0 saturated carbocycles. The van der Waals surface area contributed by atoms with E-state index in [4.69, 9.17) is 5.11 Å². The number of hydrogen-bond donors (Lipinski definition) is 1. The molecule has 0 radical (unpaired) electrons. The molecule has 1 aromatic carbocycles. The van der Waals surface area contributed by atoms with E-state index in [9.17, 15) is 17.6 Å². The van der Waals surface area contributed by atoms with Crippen molar-refractivity contribution in [2.75, 3.05) is 6.61 Å². The van der Waals surface area contributed by atoms with E-state index in [1.54, 1.807) is 0 Å². The molecule has 1 unspecified atom stereocenters. The Morgan fingerprint density at radius 1 is 1.13 bits per heavy atom. The topological polar surface area (TPSA) is 20.2 Å². The Kier molecular flexibility index (Phi) is 3.68. The molecule has 15 heavy (non-hydrogen) atoms. The number of alkyl halides is 3. The summed E-state index contributed by atoms with van der Waals surface area (Å²) in [5.41, 5.74) is 0.354. The van der Waals surface area contributed by atoms with Gasteiger partial charge in [0.2, 0.25) is 0 Å². The van der Waals surface area contributed by atoms with Crippen LogP contribution in [0.1, 0.15) is 5.56 Å². The van der Waals surface area contributed by atoms with Gasteiger partial charge < -0.3 is 5.11 Å². The van der Waals surface area contributed by atoms with E-state index >= 15 is 0 Å². The van der Waals surface area contributed by atoms with Crippen LogP contribution in [0, 0.1) is 11.7 Å². The molecule has 1 N–H and O–H groups in total. The van der Waals surface area contributed by atoms with Gasteiger partial charge in [-0.2, -0.15) is 13.2 Å². The summed E-state index contributed by atoms with van der Waals surface area (Å²) in [6, 6.07) is 4.76. The monoisotopic (exact) mass is 222 g/mol. The van der Waals surface area contributed by atoms with Crippen LogP contribution >= 0.6 is 0 Å². The molecular weight excluding hydrogens is 212 g/mol. The largest absolute Gasteiger partial charge is 0.396 e. The number of hydrogen-bond acceptors (Lipinski definition) is 1. The average Bonchev–Trinajstić information content (AvgIpc) is 2.15. The highest BCUT2D eigenvalue weighted by Crippen LogP contribution is 2.28. The van der Waals surface area contributed by atoms with Crippen LogP contribution in [0.25, 0.3) is 0 Å². The van der Waals surface area contributed by atoms with Crippen molar-refractivity contribution in [2.24, 2.45) is 5.92 Å². The third-order valence-corrected chi connectivity index (χ3v) is 2.08. The Labute approximate surface area is 84.3 Å². The molecule has 0 saturated heterocycles. The van der Waals surface area contributed by atoms with Gasteiger partial charge in [0.15, 0.2) is 0 Å². The van der Waals surface area contributed by atoms with E-state index in [1.165, 1.54) is 12.1 Å². The molecule has 0 aliphatic rings. The van der Waals surface area contributed by atoms with Crippen molar-refractivity contribution in [2.45, 2.75) is 12.6 Å². The van der Waals surface area contributed by atoms with E-state index in [0.717, 1.165) is 12.1 Å². The van der Waals surface area contributed by atoms with Gasteiger partial charge in [0, 0.05) is 0 Å². The Morgan fingerprint density at radius 2 is 1.67 bits per heavy atom. The third-order valence-electron chi connectivity index (χ3n) is 2.08. The molecule has 0 fully saturated rings. The maximum absolute atomic E-state index is 12.5. The van der Waals surface area contributed by atoms with Crippen molar-refractivity contribution in [1.29, 1.82) is 0 Å². The van der Waals surface area contributed by atoms with Gasteiger partial charge in [0.05, 0.1) is 12.5 Å². The molecular formula is C10H10F4O. The summed E-state index contributed by atoms with van der Waals surface area (Å²) >= 11 is 0. The third kappa shape index (κ3) is 3.51. The molecule has 0 spiro atoms. The lowest BCUT2D eigenvalue weighted by atomic mass is 10.00. The first-order chi connectivity index (χ1) is 6.93. The van der Waals surface area contributed by atoms with Crippen molar-refractivity contribution in [1.82, 2.24) is 0 Å². The van der Waals surface area contributed by atoms with E-state index < -0.39 is 24.5 Å². The molecule has 1 rings (SSSR count). The van der Waals surface area contributed by atoms with Crippen LogP contribution in [-0.2, 0) is 6.42 Å². The highest BCUT2D eigenvalue weighted by molar-refractivity contribution is 5.16. The summed E-state index contributed by atoms with van der Waals surface area (Å²) in [5, 5.41) is 8.58. The Balaban J connectivity index is 2.71. The minimum absolute atomic E-state index is 0.333. The molecule has 0 aromatic heterocycles. The van der Waals surface area contributed by atoms with E-state index in [2.05, 4.69) is 0 Å². The zero-order chi connectivity index (χ0) is 11.5. The van der Waals surface area contributed by atoms with Crippen LogP contribution in [0.2, 0.25) is 0 Å². The normalized spacial score (nSPS) is 13.9. The zero-order valence-corrected chi connectivity index (χ0v) is 7.76. The van der Waals surface area contributed by atoms with Gasteiger partial charge in [-0.05, 0) is 24.1 Å². The van der Waals surface area contributed by atoms with Crippen LogP contribution in [0.5, 0.6) is 0 Å². The van der Waals surface area contributed by atoms with Crippen LogP contribution < -0.4 is 0 Å². The van der Waals surface area contributed by atoms with Crippen molar-refractivity contribution >= 4 is 0 Å². The lowest BCUT2D eigenvalue weighted by molar-refractivity contribution is -0.183. The minimum Gasteiger partial charge on any atom is -0.396 e. The standard InChI is InChI=1S/C10H10F4O/c11-9-3-1-7(2-4-9)5-8(6-15)10(12,13)14/h1-4,8,15H,5-6H2. The highest BCUT2D eigenvalue weighted by Gasteiger charge is 2.38. The second kappa shape index (κ2) is 4.61. The predicted molar refractivity (Wildman–Crippen MR) is 46.7 cm³/mol. The number of benzene rings is 1. The summed E-state index contributed by atoms with van der Waals surface area (Å²) in [6.45, 7) is -0.957. The lowest BCUT2D eigenvalue weighted by Crippen LogP contribution is -2.28. The SMILES string of the molecule is OCC(Cc1ccc(F)cc1)C(F)(F)F. The second-order valence-corrected chi connectivity index (χ2v) is 3.25. The molecule has 0 amide bonds. The van der Waals surface area contributed by atoms with Crippen molar-refractivity contribution < 1.29 is 22.7 Å². The molecule has 5 heteroatoms. The molecule has 84 valence electrons. The highest BCUT2D eigenvalue weighted by atomic mass is 19.4. The van der Waals surface area contributed by atoms with Gasteiger partial charge in [-0.15, -0.1) is 0 Å². The van der Waals surface area contributed by atoms with Gasteiger partial charge in [0.25, 0.3) is 0 Å². The zero-order valence-electron chi connectivity index (χ0n) is 7.76. The first-order valence-corrected chi connectivity index (χ1v) is 4.35. The Bertz CT molecular complexity index is 304. The van der Waals surface area contributed by atoms with E-state index in [-0.39, 0.29) is 6.42 Å². The van der Waals surface area contributed by atoms with Gasteiger partial charge in [-0.1, -0.05) is 12.1 Å². The first kappa shape index (κ1) is 12.0. The minimum atomic E-state index is -4.43. The molecule has 0 aliphatic heterocycles. The van der Waals surface area contributed by atoms with Crippen molar-refractivity contribution in [3.63, 3.8) is 0 Å². The fourth-order valence-corrected chi connectivity index (χ4v) is 1.19. The fraction of sp³-hybridized carbons (Fsp3) is 0.400. The molecule has 1 aromatic rings. The molecule has 0 aliphatic carbocycles. The lowest BCUT2D eigenvalue weighted by Gasteiger charge is -2.17. The maximum atomic E-state index is 12.5. The number of halogens is 4. The molecule has 1 atom stereocenters. The summed E-state index contributed by atoms with van der Waals surface area (Å²) in [6.07, 6.45) is -4.76. The number of rotatable bonds is 3. The maximum Gasteiger partial charge on any atom is 0.394 e. The Hall–Kier alpha value is -1.10. The van der Waals surface area contributed by atoms with Gasteiger partial charge in [0.1, 0.15) is 5.82 Å². The van der Waals surface area contributed by atoms with Gasteiger partial charge in [-0.25, -0.2) is 4.39 Å². The van der Waals surface area contributed by atoms with Gasteiger partial charge in [-0.3, -0.25) is 0 Å². The van der Waals surface area contributed by atoms with E-state index in [1.807, 2.05) is 0 Å². The molecule has 0 bridgehead atoms. The summed E-state index contributed by atoms with van der Waals surface area (Å²) in [5.74, 6) is -2.28. The van der Waals surface area contributed by atoms with Crippen LogP contribution in [0.3, 0.4) is 0 Å². The number of aliphatic hydroxyl groups excluding tert-OH is 1. The van der Waals surface area contributed by atoms with Crippen molar-refractivity contribution in [3.05, 3.63) is 35.6 Å². The predicted octanol–water partition coefficient (Wildman–Crippen LogP) is 2.54. The second-order valence-electron chi connectivity index (χ2n) is 3.25. The van der Waals surface area contributed by atoms with E-state index in [0.29, 0.717) is 5.56 Å². The average molecular weight is 222 g/mol. The van der Waals surface area contributed by atoms with Gasteiger partial charge >= 0.3 is 6.18 Å². The fourth-order valence-electron chi connectivity index (χ4n) is 1.19. The first-order valence-electron chi connectivity index (χ1n) is 4.35. The van der Waals surface area contributed by atoms with Crippen LogP contribution in [-0.4, -0.2) is 17.9 Å².